The molecule has 3 heteroatoms. The lowest BCUT2D eigenvalue weighted by atomic mass is 9.85. The number of methoxy groups -OCH3 is 1. The van der Waals surface area contributed by atoms with E-state index < -0.39 is 0 Å². The van der Waals surface area contributed by atoms with E-state index in [1.165, 1.54) is 16.0 Å². The van der Waals surface area contributed by atoms with Crippen LogP contribution in [0.3, 0.4) is 0 Å². The minimum Gasteiger partial charge on any atom is -0.496 e. The SMILES string of the molecule is COc1ccc(C(C)(C)C)cc1-c1c(N)sc(C)c1C. The second kappa shape index (κ2) is 5.13. The highest BCUT2D eigenvalue weighted by Gasteiger charge is 2.20. The van der Waals surface area contributed by atoms with Crippen LogP contribution in [0.5, 0.6) is 5.75 Å². The molecule has 0 saturated heterocycles. The van der Waals surface area contributed by atoms with E-state index in [9.17, 15) is 0 Å². The lowest BCUT2D eigenvalue weighted by Crippen LogP contribution is -2.11. The minimum atomic E-state index is 0.106. The van der Waals surface area contributed by atoms with E-state index in [0.717, 1.165) is 21.9 Å². The smallest absolute Gasteiger partial charge is 0.126 e. The van der Waals surface area contributed by atoms with E-state index in [1.807, 2.05) is 6.07 Å². The summed E-state index contributed by atoms with van der Waals surface area (Å²) in [4.78, 5) is 1.26. The molecule has 0 amide bonds. The van der Waals surface area contributed by atoms with Crippen molar-refractivity contribution in [2.24, 2.45) is 0 Å². The molecule has 20 heavy (non-hydrogen) atoms. The zero-order valence-corrected chi connectivity index (χ0v) is 13.9. The van der Waals surface area contributed by atoms with Crippen LogP contribution in [0.25, 0.3) is 11.1 Å². The summed E-state index contributed by atoms with van der Waals surface area (Å²) in [6.45, 7) is 10.9. The van der Waals surface area contributed by atoms with Crippen LogP contribution in [-0.2, 0) is 5.41 Å². The van der Waals surface area contributed by atoms with Gasteiger partial charge in [-0.05, 0) is 42.5 Å². The molecule has 1 heterocycles. The molecule has 0 aliphatic carbocycles. The summed E-state index contributed by atoms with van der Waals surface area (Å²) in [6, 6.07) is 6.39. The van der Waals surface area contributed by atoms with Crippen molar-refractivity contribution in [1.29, 1.82) is 0 Å². The number of ether oxygens (including phenoxy) is 1. The molecule has 0 aliphatic heterocycles. The number of nitrogen functional groups attached to an aromatic ring is 1. The first-order valence-corrected chi connectivity index (χ1v) is 7.61. The summed E-state index contributed by atoms with van der Waals surface area (Å²) in [7, 11) is 1.71. The third kappa shape index (κ3) is 2.55. The molecule has 2 aromatic rings. The Hall–Kier alpha value is -1.48. The molecule has 1 aromatic heterocycles. The van der Waals surface area contributed by atoms with Crippen molar-refractivity contribution in [3.8, 4) is 16.9 Å². The van der Waals surface area contributed by atoms with Crippen LogP contribution in [0.15, 0.2) is 18.2 Å². The molecule has 0 radical (unpaired) electrons. The van der Waals surface area contributed by atoms with Crippen molar-refractivity contribution in [2.75, 3.05) is 12.8 Å². The number of benzene rings is 1. The first-order chi connectivity index (χ1) is 9.25. The fraction of sp³-hybridized carbons (Fsp3) is 0.412. The second-order valence-electron chi connectivity index (χ2n) is 6.19. The zero-order chi connectivity index (χ0) is 15.1. The van der Waals surface area contributed by atoms with Gasteiger partial charge in [-0.25, -0.2) is 0 Å². The van der Waals surface area contributed by atoms with Gasteiger partial charge in [-0.3, -0.25) is 0 Å². The minimum absolute atomic E-state index is 0.106. The quantitative estimate of drug-likeness (QED) is 0.851. The average Bonchev–Trinajstić information content (AvgIpc) is 2.61. The Morgan fingerprint density at radius 2 is 1.80 bits per heavy atom. The van der Waals surface area contributed by atoms with Crippen LogP contribution >= 0.6 is 11.3 Å². The van der Waals surface area contributed by atoms with E-state index >= 15 is 0 Å². The first kappa shape index (κ1) is 14.9. The Bertz CT molecular complexity index is 635. The molecule has 2 nitrogen and oxygen atoms in total. The first-order valence-electron chi connectivity index (χ1n) is 6.80. The lowest BCUT2D eigenvalue weighted by molar-refractivity contribution is 0.416. The van der Waals surface area contributed by atoms with E-state index in [2.05, 4.69) is 46.8 Å². The van der Waals surface area contributed by atoms with Gasteiger partial charge in [0.15, 0.2) is 0 Å². The summed E-state index contributed by atoms with van der Waals surface area (Å²) < 4.78 is 5.54. The third-order valence-corrected chi connectivity index (χ3v) is 4.78. The van der Waals surface area contributed by atoms with Gasteiger partial charge in [0.1, 0.15) is 5.75 Å². The maximum absolute atomic E-state index is 6.22. The monoisotopic (exact) mass is 289 g/mol. The fourth-order valence-electron chi connectivity index (χ4n) is 2.36. The Kier molecular flexibility index (Phi) is 3.83. The number of hydrogen-bond donors (Lipinski definition) is 1. The molecule has 0 unspecified atom stereocenters. The normalized spacial score (nSPS) is 11.7. The third-order valence-electron chi connectivity index (χ3n) is 3.75. The van der Waals surface area contributed by atoms with Gasteiger partial charge < -0.3 is 10.5 Å². The van der Waals surface area contributed by atoms with Gasteiger partial charge in [0.2, 0.25) is 0 Å². The van der Waals surface area contributed by atoms with Gasteiger partial charge in [-0.2, -0.15) is 0 Å². The number of nitrogens with two attached hydrogens (primary N) is 1. The number of anilines is 1. The highest BCUT2D eigenvalue weighted by molar-refractivity contribution is 7.16. The molecular weight excluding hydrogens is 266 g/mol. The van der Waals surface area contributed by atoms with Crippen molar-refractivity contribution in [2.45, 2.75) is 40.0 Å². The molecule has 0 fully saturated rings. The summed E-state index contributed by atoms with van der Waals surface area (Å²) >= 11 is 1.65. The summed E-state index contributed by atoms with van der Waals surface area (Å²) in [5.74, 6) is 0.880. The summed E-state index contributed by atoms with van der Waals surface area (Å²) in [5.41, 5.74) is 11.1. The molecule has 0 aliphatic rings. The number of hydrogen-bond acceptors (Lipinski definition) is 3. The molecule has 1 aromatic carbocycles. The van der Waals surface area contributed by atoms with E-state index in [1.54, 1.807) is 18.4 Å². The van der Waals surface area contributed by atoms with Crippen molar-refractivity contribution >= 4 is 16.3 Å². The van der Waals surface area contributed by atoms with Gasteiger partial charge in [0.05, 0.1) is 12.1 Å². The van der Waals surface area contributed by atoms with Crippen LogP contribution in [0, 0.1) is 13.8 Å². The van der Waals surface area contributed by atoms with Gasteiger partial charge in [-0.1, -0.05) is 26.8 Å². The largest absolute Gasteiger partial charge is 0.496 e. The van der Waals surface area contributed by atoms with E-state index in [4.69, 9.17) is 10.5 Å². The van der Waals surface area contributed by atoms with Crippen molar-refractivity contribution in [3.63, 3.8) is 0 Å². The van der Waals surface area contributed by atoms with E-state index in [0.29, 0.717) is 0 Å². The molecule has 0 saturated carbocycles. The Morgan fingerprint density at radius 3 is 2.25 bits per heavy atom. The molecule has 0 spiro atoms. The summed E-state index contributed by atoms with van der Waals surface area (Å²) in [5, 5.41) is 0.865. The van der Waals surface area contributed by atoms with Crippen molar-refractivity contribution in [1.82, 2.24) is 0 Å². The van der Waals surface area contributed by atoms with Crippen LogP contribution in [0.4, 0.5) is 5.00 Å². The topological polar surface area (TPSA) is 35.2 Å². The number of rotatable bonds is 2. The van der Waals surface area contributed by atoms with Gasteiger partial charge in [0.25, 0.3) is 0 Å². The second-order valence-corrected chi connectivity index (χ2v) is 7.44. The maximum Gasteiger partial charge on any atom is 0.126 e. The molecule has 108 valence electrons. The fourth-order valence-corrected chi connectivity index (χ4v) is 3.31. The lowest BCUT2D eigenvalue weighted by Gasteiger charge is -2.21. The molecule has 0 atom stereocenters. The van der Waals surface area contributed by atoms with Crippen molar-refractivity contribution < 1.29 is 4.74 Å². The molecular formula is C17H23NOS. The Balaban J connectivity index is 2.71. The number of aryl methyl sites for hydroxylation is 1. The highest BCUT2D eigenvalue weighted by atomic mass is 32.1. The summed E-state index contributed by atoms with van der Waals surface area (Å²) in [6.07, 6.45) is 0. The van der Waals surface area contributed by atoms with Gasteiger partial charge >= 0.3 is 0 Å². The average molecular weight is 289 g/mol. The van der Waals surface area contributed by atoms with Crippen LogP contribution < -0.4 is 10.5 Å². The standard InChI is InChI=1S/C17H23NOS/c1-10-11(2)20-16(18)15(10)13-9-12(17(3,4)5)7-8-14(13)19-6/h7-9H,18H2,1-6H3. The Morgan fingerprint density at radius 1 is 1.15 bits per heavy atom. The zero-order valence-electron chi connectivity index (χ0n) is 13.1. The van der Waals surface area contributed by atoms with E-state index in [-0.39, 0.29) is 5.41 Å². The van der Waals surface area contributed by atoms with Crippen LogP contribution in [0.1, 0.15) is 36.8 Å². The molecule has 2 rings (SSSR count). The van der Waals surface area contributed by atoms with Gasteiger partial charge in [-0.15, -0.1) is 11.3 Å². The Labute approximate surface area is 125 Å². The number of thiophene rings is 1. The molecule has 2 N–H and O–H groups in total. The van der Waals surface area contributed by atoms with Crippen LogP contribution in [0.2, 0.25) is 0 Å². The molecule has 0 bridgehead atoms. The van der Waals surface area contributed by atoms with Crippen molar-refractivity contribution in [3.05, 3.63) is 34.2 Å². The predicted octanol–water partition coefficient (Wildman–Crippen LogP) is 4.92. The highest BCUT2D eigenvalue weighted by Crippen LogP contribution is 2.43. The van der Waals surface area contributed by atoms with Gasteiger partial charge in [0, 0.05) is 16.0 Å². The predicted molar refractivity (Wildman–Crippen MR) is 88.9 cm³/mol. The van der Waals surface area contributed by atoms with Crippen LogP contribution in [-0.4, -0.2) is 7.11 Å². The maximum atomic E-state index is 6.22.